The Labute approximate surface area is 250 Å². The fraction of sp³-hybridized carbons (Fsp3) is 1.00. The second kappa shape index (κ2) is 11.8. The molecule has 10 nitrogen and oxygen atoms in total. The van der Waals surface area contributed by atoms with E-state index in [-0.39, 0.29) is 41.6 Å². The number of hydrogen-bond donors (Lipinski definition) is 8. The van der Waals surface area contributed by atoms with Crippen LogP contribution in [0.4, 0.5) is 0 Å². The maximum absolute atomic E-state index is 12.5. The van der Waals surface area contributed by atoms with Gasteiger partial charge < -0.3 is 50.3 Å². The summed E-state index contributed by atoms with van der Waals surface area (Å²) in [6.07, 6.45) is -3.39. The van der Waals surface area contributed by atoms with Gasteiger partial charge in [-0.25, -0.2) is 0 Å². The molecule has 17 atom stereocenters. The second-order valence-corrected chi connectivity index (χ2v) is 15.6. The number of hydrogen-bond acceptors (Lipinski definition) is 10. The first kappa shape index (κ1) is 33.0. The number of ether oxygens (including phenoxy) is 2. The average Bonchev–Trinajstić information content (AvgIpc) is 3.35. The van der Waals surface area contributed by atoms with Crippen molar-refractivity contribution in [2.45, 2.75) is 147 Å². The molecule has 0 amide bonds. The molecular formula is C32H56O10. The summed E-state index contributed by atoms with van der Waals surface area (Å²) >= 11 is 0. The van der Waals surface area contributed by atoms with Gasteiger partial charge in [-0.3, -0.25) is 0 Å². The van der Waals surface area contributed by atoms with Gasteiger partial charge in [0.1, 0.15) is 18.3 Å². The van der Waals surface area contributed by atoms with Gasteiger partial charge in [0, 0.05) is 18.3 Å². The highest BCUT2D eigenvalue weighted by molar-refractivity contribution is 5.21. The van der Waals surface area contributed by atoms with Crippen LogP contribution in [0.1, 0.15) is 86.0 Å². The van der Waals surface area contributed by atoms with Crippen LogP contribution in [0, 0.1) is 46.3 Å². The molecule has 0 radical (unpaired) electrons. The third-order valence-corrected chi connectivity index (χ3v) is 12.9. The van der Waals surface area contributed by atoms with E-state index in [0.29, 0.717) is 25.7 Å². The van der Waals surface area contributed by atoms with Crippen molar-refractivity contribution < 1.29 is 50.3 Å². The fourth-order valence-corrected chi connectivity index (χ4v) is 10.9. The first-order valence-corrected chi connectivity index (χ1v) is 16.3. The zero-order valence-corrected chi connectivity index (χ0v) is 25.9. The van der Waals surface area contributed by atoms with Gasteiger partial charge >= 0.3 is 0 Å². The zero-order chi connectivity index (χ0) is 30.9. The Morgan fingerprint density at radius 1 is 0.833 bits per heavy atom. The van der Waals surface area contributed by atoms with Crippen molar-refractivity contribution in [2.75, 3.05) is 6.61 Å². The lowest BCUT2D eigenvalue weighted by atomic mass is 9.41. The largest absolute Gasteiger partial charge is 0.394 e. The molecule has 5 aliphatic rings. The Balaban J connectivity index is 1.30. The Bertz CT molecular complexity index is 950. The van der Waals surface area contributed by atoms with E-state index >= 15 is 0 Å². The topological polar surface area (TPSA) is 180 Å². The minimum Gasteiger partial charge on any atom is -0.394 e. The SMILES string of the molecule is CC(C)C(CC[C@@H](C)[C@H]1C[C@@H](O)[C@@H]2[C@]1(C)CC[C@@H]1[C@@]3(C)CC[C@H](O)[C@H](O)[C@@H]3[C@@H](O)C[C@]12O)O[C@@H]1O[C@@H](CO)[C@H](O)[C@H]1O. The van der Waals surface area contributed by atoms with E-state index in [0.717, 1.165) is 19.3 Å². The van der Waals surface area contributed by atoms with Crippen LogP contribution in [0.5, 0.6) is 0 Å². The van der Waals surface area contributed by atoms with Gasteiger partial charge in [-0.2, -0.15) is 0 Å². The van der Waals surface area contributed by atoms with Crippen LogP contribution in [0.2, 0.25) is 0 Å². The Morgan fingerprint density at radius 2 is 1.50 bits per heavy atom. The van der Waals surface area contributed by atoms with Crippen LogP contribution in [0.15, 0.2) is 0 Å². The number of aliphatic hydroxyl groups is 8. The molecule has 0 aromatic heterocycles. The lowest BCUT2D eigenvalue weighted by Crippen LogP contribution is -2.70. The summed E-state index contributed by atoms with van der Waals surface area (Å²) in [5, 5.41) is 86.6. The van der Waals surface area contributed by atoms with Gasteiger partial charge in [-0.05, 0) is 79.4 Å². The van der Waals surface area contributed by atoms with E-state index in [1.807, 2.05) is 20.8 Å². The van der Waals surface area contributed by atoms with E-state index in [2.05, 4.69) is 13.8 Å². The molecule has 1 heterocycles. The minimum absolute atomic E-state index is 0.0911. The summed E-state index contributed by atoms with van der Waals surface area (Å²) < 4.78 is 11.7. The summed E-state index contributed by atoms with van der Waals surface area (Å²) in [5.74, 6) is -0.623. The molecule has 0 aromatic carbocycles. The van der Waals surface area contributed by atoms with Crippen molar-refractivity contribution in [3.05, 3.63) is 0 Å². The molecule has 4 aliphatic carbocycles. The molecule has 1 aliphatic heterocycles. The summed E-state index contributed by atoms with van der Waals surface area (Å²) in [6.45, 7) is 10.1. The minimum atomic E-state index is -1.27. The maximum atomic E-state index is 12.5. The van der Waals surface area contributed by atoms with Gasteiger partial charge in [0.15, 0.2) is 6.29 Å². The van der Waals surface area contributed by atoms with E-state index in [1.165, 1.54) is 0 Å². The van der Waals surface area contributed by atoms with E-state index < -0.39 is 78.5 Å². The van der Waals surface area contributed by atoms with Crippen LogP contribution in [-0.4, -0.2) is 108 Å². The highest BCUT2D eigenvalue weighted by Gasteiger charge is 2.71. The van der Waals surface area contributed by atoms with Crippen LogP contribution >= 0.6 is 0 Å². The second-order valence-electron chi connectivity index (χ2n) is 15.6. The van der Waals surface area contributed by atoms with Crippen molar-refractivity contribution >= 4 is 0 Å². The lowest BCUT2D eigenvalue weighted by Gasteiger charge is -2.66. The molecular weight excluding hydrogens is 544 g/mol. The Morgan fingerprint density at radius 3 is 2.12 bits per heavy atom. The molecule has 42 heavy (non-hydrogen) atoms. The van der Waals surface area contributed by atoms with Crippen LogP contribution in [0.3, 0.4) is 0 Å². The normalized spacial score (nSPS) is 53.9. The molecule has 0 spiro atoms. The Kier molecular flexibility index (Phi) is 9.23. The van der Waals surface area contributed by atoms with Crippen molar-refractivity contribution in [1.82, 2.24) is 0 Å². The first-order chi connectivity index (χ1) is 19.6. The van der Waals surface area contributed by atoms with Crippen LogP contribution < -0.4 is 0 Å². The van der Waals surface area contributed by atoms with Crippen molar-refractivity contribution in [1.29, 1.82) is 0 Å². The molecule has 4 saturated carbocycles. The van der Waals surface area contributed by atoms with Crippen LogP contribution in [0.25, 0.3) is 0 Å². The molecule has 244 valence electrons. The summed E-state index contributed by atoms with van der Waals surface area (Å²) in [5.41, 5.74) is -2.14. The third kappa shape index (κ3) is 5.10. The molecule has 0 bridgehead atoms. The molecule has 5 fully saturated rings. The Hall–Kier alpha value is -0.400. The van der Waals surface area contributed by atoms with E-state index in [9.17, 15) is 40.9 Å². The number of rotatable bonds is 8. The highest BCUT2D eigenvalue weighted by atomic mass is 16.7. The van der Waals surface area contributed by atoms with Crippen molar-refractivity contribution in [3.8, 4) is 0 Å². The van der Waals surface area contributed by atoms with Crippen LogP contribution in [-0.2, 0) is 9.47 Å². The van der Waals surface area contributed by atoms with Crippen molar-refractivity contribution in [3.63, 3.8) is 0 Å². The van der Waals surface area contributed by atoms with Gasteiger partial charge in [0.25, 0.3) is 0 Å². The maximum Gasteiger partial charge on any atom is 0.186 e. The molecule has 1 saturated heterocycles. The summed E-state index contributed by atoms with van der Waals surface area (Å²) in [7, 11) is 0. The fourth-order valence-electron chi connectivity index (χ4n) is 10.9. The van der Waals surface area contributed by atoms with Gasteiger partial charge in [-0.1, -0.05) is 34.6 Å². The highest BCUT2D eigenvalue weighted by Crippen LogP contribution is 2.69. The van der Waals surface area contributed by atoms with Gasteiger partial charge in [0.2, 0.25) is 0 Å². The van der Waals surface area contributed by atoms with Crippen molar-refractivity contribution in [2.24, 2.45) is 46.3 Å². The number of aliphatic hydroxyl groups excluding tert-OH is 7. The van der Waals surface area contributed by atoms with E-state index in [1.54, 1.807) is 0 Å². The average molecular weight is 601 g/mol. The summed E-state index contributed by atoms with van der Waals surface area (Å²) in [4.78, 5) is 0. The molecule has 10 heteroatoms. The molecule has 1 unspecified atom stereocenters. The predicted octanol–water partition coefficient (Wildman–Crippen LogP) is 0.930. The monoisotopic (exact) mass is 600 g/mol. The smallest absolute Gasteiger partial charge is 0.186 e. The number of fused-ring (bicyclic) bond motifs is 5. The standard InChI is InChI=1S/C32H56O10/c1-15(2)21(41-29-27(39)26(38)22(14-33)42-29)7-6-16(3)17-12-19(35)28-30(17,4)11-9-23-31(5)10-8-18(34)25(37)24(31)20(36)13-32(23,28)40/h15-29,33-40H,6-14H2,1-5H3/t16-,17-,18+,19-,20+,21?,22+,23-,24+,25+,26+,27-,28-,29-,30-,31-,32+/m1/s1. The summed E-state index contributed by atoms with van der Waals surface area (Å²) in [6, 6.07) is 0. The zero-order valence-electron chi connectivity index (χ0n) is 25.9. The first-order valence-electron chi connectivity index (χ1n) is 16.3. The van der Waals surface area contributed by atoms with Gasteiger partial charge in [-0.15, -0.1) is 0 Å². The lowest BCUT2D eigenvalue weighted by molar-refractivity contribution is -0.280. The molecule has 5 rings (SSSR count). The third-order valence-electron chi connectivity index (χ3n) is 12.9. The van der Waals surface area contributed by atoms with Gasteiger partial charge in [0.05, 0.1) is 42.7 Å². The quantitative estimate of drug-likeness (QED) is 0.200. The molecule has 8 N–H and O–H groups in total. The van der Waals surface area contributed by atoms with E-state index in [4.69, 9.17) is 9.47 Å². The predicted molar refractivity (Wildman–Crippen MR) is 153 cm³/mol. The molecule has 0 aromatic rings.